The van der Waals surface area contributed by atoms with Crippen LogP contribution in [0, 0.1) is 0 Å². The van der Waals surface area contributed by atoms with Crippen LogP contribution in [0.3, 0.4) is 0 Å². The lowest BCUT2D eigenvalue weighted by Crippen LogP contribution is -2.31. The fourth-order valence-corrected chi connectivity index (χ4v) is 6.84. The van der Waals surface area contributed by atoms with Gasteiger partial charge in [0.1, 0.15) is 0 Å². The molecule has 4 rings (SSSR count). The first-order valence-corrected chi connectivity index (χ1v) is 16.9. The molecule has 0 bridgehead atoms. The van der Waals surface area contributed by atoms with Crippen molar-refractivity contribution in [3.8, 4) is 0 Å². The van der Waals surface area contributed by atoms with E-state index in [1.807, 2.05) is 25.2 Å². The number of rotatable bonds is 17. The minimum absolute atomic E-state index is 0.0145. The minimum Gasteiger partial charge on any atom is -0.379 e. The van der Waals surface area contributed by atoms with Crippen LogP contribution >= 0.6 is 23.2 Å². The Labute approximate surface area is 279 Å². The van der Waals surface area contributed by atoms with Gasteiger partial charge < -0.3 is 30.6 Å². The molecule has 14 heteroatoms. The monoisotopic (exact) mass is 692 g/mol. The van der Waals surface area contributed by atoms with E-state index in [1.54, 1.807) is 24.3 Å². The van der Waals surface area contributed by atoms with E-state index >= 15 is 0 Å². The number of hydrogen-bond acceptors (Lipinski definition) is 8. The van der Waals surface area contributed by atoms with Gasteiger partial charge in [0.15, 0.2) is 0 Å². The van der Waals surface area contributed by atoms with Crippen molar-refractivity contribution >= 4 is 45.0 Å². The van der Waals surface area contributed by atoms with Crippen molar-refractivity contribution in [2.45, 2.75) is 23.8 Å². The van der Waals surface area contributed by atoms with E-state index < -0.39 is 21.8 Å². The van der Waals surface area contributed by atoms with Gasteiger partial charge in [-0.3, -0.25) is 9.59 Å². The number of primary amides is 2. The minimum atomic E-state index is -3.72. The molecule has 0 saturated heterocycles. The largest absolute Gasteiger partial charge is 0.379 e. The summed E-state index contributed by atoms with van der Waals surface area (Å²) in [5.41, 5.74) is 15.0. The number of halogens is 2. The molecule has 0 fully saturated rings. The molecule has 11 nitrogen and oxygen atoms in total. The number of ether oxygens (including phenoxy) is 3. The number of nitrogens with zero attached hydrogens (tertiary/aromatic N) is 1. The Morgan fingerprint density at radius 3 is 2.20 bits per heavy atom. The quantitative estimate of drug-likeness (QED) is 0.181. The van der Waals surface area contributed by atoms with Crippen molar-refractivity contribution in [3.63, 3.8) is 0 Å². The molecule has 1 atom stereocenters. The van der Waals surface area contributed by atoms with Crippen LogP contribution in [0.5, 0.6) is 0 Å². The highest BCUT2D eigenvalue weighted by atomic mass is 35.5. The lowest BCUT2D eigenvalue weighted by Gasteiger charge is -2.33. The normalized spacial score (nSPS) is 15.1. The van der Waals surface area contributed by atoms with Gasteiger partial charge >= 0.3 is 0 Å². The maximum atomic E-state index is 12.8. The van der Waals surface area contributed by atoms with Crippen molar-refractivity contribution in [2.75, 3.05) is 59.8 Å². The SMILES string of the molecule is CN1Cc2c(Cl)cc(Cl)cc2C(c2ccc(S(=O)(=O)NCCOCCOCCOCCc3cc(C(N)=O)ccc3C(N)=O)cc2)C1. The molecule has 1 aliphatic heterocycles. The molecular weight excluding hydrogens is 655 g/mol. The van der Waals surface area contributed by atoms with Crippen LogP contribution in [0.1, 0.15) is 48.9 Å². The molecule has 0 aromatic heterocycles. The third-order valence-electron chi connectivity index (χ3n) is 7.54. The molecule has 0 saturated carbocycles. The second kappa shape index (κ2) is 16.7. The average molecular weight is 694 g/mol. The van der Waals surface area contributed by atoms with Crippen molar-refractivity contribution in [1.29, 1.82) is 0 Å². The highest BCUT2D eigenvalue weighted by Gasteiger charge is 2.27. The van der Waals surface area contributed by atoms with Crippen LogP contribution in [0.4, 0.5) is 0 Å². The van der Waals surface area contributed by atoms with E-state index in [-0.39, 0.29) is 36.1 Å². The maximum Gasteiger partial charge on any atom is 0.248 e. The van der Waals surface area contributed by atoms with Crippen molar-refractivity contribution in [3.05, 3.63) is 98.0 Å². The van der Waals surface area contributed by atoms with Crippen LogP contribution in [0.25, 0.3) is 0 Å². The lowest BCUT2D eigenvalue weighted by atomic mass is 9.85. The third-order valence-corrected chi connectivity index (χ3v) is 9.57. The van der Waals surface area contributed by atoms with Gasteiger partial charge in [0.25, 0.3) is 0 Å². The Morgan fingerprint density at radius 1 is 0.891 bits per heavy atom. The van der Waals surface area contributed by atoms with E-state index in [1.165, 1.54) is 12.1 Å². The van der Waals surface area contributed by atoms with E-state index in [0.29, 0.717) is 54.0 Å². The van der Waals surface area contributed by atoms with Gasteiger partial charge in [0.2, 0.25) is 21.8 Å². The first kappa shape index (κ1) is 35.8. The first-order valence-electron chi connectivity index (χ1n) is 14.7. The van der Waals surface area contributed by atoms with Crippen LogP contribution < -0.4 is 16.2 Å². The summed E-state index contributed by atoms with van der Waals surface area (Å²) >= 11 is 12.8. The first-order chi connectivity index (χ1) is 22.0. The second-order valence-electron chi connectivity index (χ2n) is 10.9. The van der Waals surface area contributed by atoms with E-state index in [4.69, 9.17) is 48.9 Å². The highest BCUT2D eigenvalue weighted by Crippen LogP contribution is 2.38. The number of fused-ring (bicyclic) bond motifs is 1. The third kappa shape index (κ3) is 9.72. The lowest BCUT2D eigenvalue weighted by molar-refractivity contribution is 0.0162. The Balaban J connectivity index is 1.12. The van der Waals surface area contributed by atoms with Gasteiger partial charge in [-0.15, -0.1) is 0 Å². The zero-order valence-electron chi connectivity index (χ0n) is 25.5. The summed E-state index contributed by atoms with van der Waals surface area (Å²) in [5.74, 6) is -1.17. The van der Waals surface area contributed by atoms with Gasteiger partial charge in [-0.25, -0.2) is 13.1 Å². The van der Waals surface area contributed by atoms with Crippen LogP contribution in [-0.4, -0.2) is 84.9 Å². The number of sulfonamides is 1. The zero-order chi connectivity index (χ0) is 33.3. The van der Waals surface area contributed by atoms with Gasteiger partial charge in [0.05, 0.1) is 44.5 Å². The predicted octanol–water partition coefficient (Wildman–Crippen LogP) is 3.34. The molecular formula is C32H38Cl2N4O7S. The Bertz CT molecular complexity index is 1640. The average Bonchev–Trinajstić information content (AvgIpc) is 3.01. The fraction of sp³-hybridized carbons (Fsp3) is 0.375. The van der Waals surface area contributed by atoms with Crippen LogP contribution in [-0.2, 0) is 37.2 Å². The number of carbonyl (C=O) groups excluding carboxylic acids is 2. The molecule has 2 amide bonds. The second-order valence-corrected chi connectivity index (χ2v) is 13.5. The van der Waals surface area contributed by atoms with Gasteiger partial charge in [-0.2, -0.15) is 0 Å². The Morgan fingerprint density at radius 2 is 1.54 bits per heavy atom. The number of nitrogens with two attached hydrogens (primary N) is 2. The van der Waals surface area contributed by atoms with Crippen molar-refractivity contribution in [2.24, 2.45) is 11.5 Å². The molecule has 1 aliphatic rings. The summed E-state index contributed by atoms with van der Waals surface area (Å²) in [4.78, 5) is 25.4. The van der Waals surface area contributed by atoms with E-state index in [0.717, 1.165) is 29.8 Å². The molecule has 5 N–H and O–H groups in total. The summed E-state index contributed by atoms with van der Waals surface area (Å²) in [6.45, 7) is 3.27. The maximum absolute atomic E-state index is 12.8. The molecule has 3 aromatic rings. The highest BCUT2D eigenvalue weighted by molar-refractivity contribution is 7.89. The molecule has 3 aromatic carbocycles. The molecule has 0 radical (unpaired) electrons. The van der Waals surface area contributed by atoms with E-state index in [9.17, 15) is 18.0 Å². The number of amides is 2. The fourth-order valence-electron chi connectivity index (χ4n) is 5.26. The Kier molecular flexibility index (Phi) is 13.0. The van der Waals surface area contributed by atoms with Gasteiger partial charge in [0, 0.05) is 46.7 Å². The number of nitrogens with one attached hydrogen (secondary N) is 1. The number of benzene rings is 3. The van der Waals surface area contributed by atoms with Gasteiger partial charge in [-0.1, -0.05) is 35.3 Å². The smallest absolute Gasteiger partial charge is 0.248 e. The zero-order valence-corrected chi connectivity index (χ0v) is 27.8. The van der Waals surface area contributed by atoms with Crippen molar-refractivity contribution in [1.82, 2.24) is 9.62 Å². The summed E-state index contributed by atoms with van der Waals surface area (Å²) in [6.07, 6.45) is 0.375. The Hall–Kier alpha value is -3.07. The number of hydrogen-bond donors (Lipinski definition) is 3. The van der Waals surface area contributed by atoms with Gasteiger partial charge in [-0.05, 0) is 78.2 Å². The predicted molar refractivity (Wildman–Crippen MR) is 176 cm³/mol. The van der Waals surface area contributed by atoms with Crippen LogP contribution in [0.15, 0.2) is 59.5 Å². The molecule has 1 unspecified atom stereocenters. The van der Waals surface area contributed by atoms with E-state index in [2.05, 4.69) is 9.62 Å². The topological polar surface area (TPSA) is 163 Å². The molecule has 0 aliphatic carbocycles. The molecule has 46 heavy (non-hydrogen) atoms. The molecule has 248 valence electrons. The van der Waals surface area contributed by atoms with Crippen molar-refractivity contribution < 1.29 is 32.2 Å². The standard InChI is InChI=1S/C32H38Cl2N4O7S/c1-38-19-28(27-17-24(33)18-30(34)29(27)20-38)21-2-5-25(6-3-21)46(41,42)37-9-11-44-13-15-45-14-12-43-10-8-22-16-23(31(35)39)4-7-26(22)32(36)40/h2-7,16-18,28,37H,8-15,19-20H2,1H3,(H2,35,39)(H2,36,40). The summed E-state index contributed by atoms with van der Waals surface area (Å²) in [7, 11) is -1.69. The van der Waals surface area contributed by atoms with Crippen LogP contribution in [0.2, 0.25) is 10.0 Å². The molecule has 0 spiro atoms. The number of likely N-dealkylation sites (N-methyl/N-ethyl adjacent to an activating group) is 1. The summed E-state index contributed by atoms with van der Waals surface area (Å²) in [5, 5.41) is 1.20. The molecule has 1 heterocycles. The number of carbonyl (C=O) groups is 2. The summed E-state index contributed by atoms with van der Waals surface area (Å²) in [6, 6.07) is 15.0. The summed E-state index contributed by atoms with van der Waals surface area (Å²) < 4.78 is 44.7.